The Balaban J connectivity index is 2.35. The average Bonchev–Trinajstić information content (AvgIpc) is 2.64. The molecule has 1 saturated heterocycles. The van der Waals surface area contributed by atoms with Gasteiger partial charge in [0.1, 0.15) is 11.7 Å². The van der Waals surface area contributed by atoms with E-state index >= 15 is 0 Å². The Kier molecular flexibility index (Phi) is 3.59. The molecule has 5 heteroatoms. The zero-order valence-electron chi connectivity index (χ0n) is 11.5. The van der Waals surface area contributed by atoms with Crippen LogP contribution in [0.3, 0.4) is 0 Å². The van der Waals surface area contributed by atoms with Gasteiger partial charge in [-0.25, -0.2) is 0 Å². The van der Waals surface area contributed by atoms with E-state index in [4.69, 9.17) is 11.1 Å². The molecule has 18 heavy (non-hydrogen) atoms. The van der Waals surface area contributed by atoms with E-state index in [0.717, 1.165) is 36.1 Å². The third-order valence-corrected chi connectivity index (χ3v) is 3.86. The first kappa shape index (κ1) is 12.9. The number of hydrogen-bond donors (Lipinski definition) is 2. The van der Waals surface area contributed by atoms with Crippen molar-refractivity contribution in [3.8, 4) is 0 Å². The van der Waals surface area contributed by atoms with Gasteiger partial charge in [-0.05, 0) is 25.7 Å². The molecule has 1 atom stereocenters. The SMILES string of the molecule is CCC1CCCN(c2c(C(=N)N)c(C)nn2C)C1. The Morgan fingerprint density at radius 2 is 2.28 bits per heavy atom. The predicted octanol–water partition coefficient (Wildman–Crippen LogP) is 1.64. The van der Waals surface area contributed by atoms with Crippen molar-refractivity contribution < 1.29 is 0 Å². The number of amidine groups is 1. The fourth-order valence-corrected chi connectivity index (χ4v) is 2.91. The third kappa shape index (κ3) is 2.21. The standard InChI is InChI=1S/C13H23N5/c1-4-10-6-5-7-18(8-10)13-11(12(14)15)9(2)16-17(13)3/h10H,4-8H2,1-3H3,(H3,14,15). The number of aryl methyl sites for hydroxylation is 2. The number of aromatic nitrogens is 2. The zero-order chi connectivity index (χ0) is 13.3. The highest BCUT2D eigenvalue weighted by Crippen LogP contribution is 2.28. The zero-order valence-corrected chi connectivity index (χ0v) is 11.5. The molecule has 2 rings (SSSR count). The van der Waals surface area contributed by atoms with E-state index < -0.39 is 0 Å². The lowest BCUT2D eigenvalue weighted by Gasteiger charge is -2.34. The van der Waals surface area contributed by atoms with Crippen LogP contribution in [-0.4, -0.2) is 28.7 Å². The summed E-state index contributed by atoms with van der Waals surface area (Å²) in [5, 5.41) is 12.2. The van der Waals surface area contributed by atoms with E-state index in [0.29, 0.717) is 0 Å². The molecule has 0 bridgehead atoms. The van der Waals surface area contributed by atoms with E-state index in [1.54, 1.807) is 0 Å². The van der Waals surface area contributed by atoms with E-state index in [-0.39, 0.29) is 5.84 Å². The first-order valence-corrected chi connectivity index (χ1v) is 6.67. The van der Waals surface area contributed by atoms with Gasteiger partial charge in [0, 0.05) is 20.1 Å². The molecule has 0 saturated carbocycles. The lowest BCUT2D eigenvalue weighted by Crippen LogP contribution is -2.37. The van der Waals surface area contributed by atoms with Crippen molar-refractivity contribution in [2.75, 3.05) is 18.0 Å². The van der Waals surface area contributed by atoms with Crippen LogP contribution in [0.15, 0.2) is 0 Å². The number of piperidine rings is 1. The number of nitrogens with two attached hydrogens (primary N) is 1. The van der Waals surface area contributed by atoms with Crippen LogP contribution >= 0.6 is 0 Å². The third-order valence-electron chi connectivity index (χ3n) is 3.86. The minimum atomic E-state index is 0.120. The smallest absolute Gasteiger partial charge is 0.137 e. The molecule has 5 nitrogen and oxygen atoms in total. The molecular weight excluding hydrogens is 226 g/mol. The van der Waals surface area contributed by atoms with Gasteiger partial charge in [0.05, 0.1) is 11.3 Å². The second-order valence-corrected chi connectivity index (χ2v) is 5.18. The summed E-state index contributed by atoms with van der Waals surface area (Å²) >= 11 is 0. The van der Waals surface area contributed by atoms with Crippen LogP contribution in [0.25, 0.3) is 0 Å². The van der Waals surface area contributed by atoms with Crippen LogP contribution in [0.1, 0.15) is 37.4 Å². The quantitative estimate of drug-likeness (QED) is 0.632. The van der Waals surface area contributed by atoms with E-state index in [1.807, 2.05) is 18.7 Å². The van der Waals surface area contributed by atoms with Crippen molar-refractivity contribution in [2.45, 2.75) is 33.1 Å². The summed E-state index contributed by atoms with van der Waals surface area (Å²) in [7, 11) is 1.93. The largest absolute Gasteiger partial charge is 0.384 e. The number of anilines is 1. The number of nitrogens with one attached hydrogen (secondary N) is 1. The average molecular weight is 249 g/mol. The second-order valence-electron chi connectivity index (χ2n) is 5.18. The molecule has 1 fully saturated rings. The lowest BCUT2D eigenvalue weighted by molar-refractivity contribution is 0.400. The molecule has 100 valence electrons. The van der Waals surface area contributed by atoms with Gasteiger partial charge >= 0.3 is 0 Å². The summed E-state index contributed by atoms with van der Waals surface area (Å²) in [6, 6.07) is 0. The summed E-state index contributed by atoms with van der Waals surface area (Å²) in [4.78, 5) is 2.34. The fourth-order valence-electron chi connectivity index (χ4n) is 2.91. The van der Waals surface area contributed by atoms with Crippen LogP contribution in [0.4, 0.5) is 5.82 Å². The predicted molar refractivity (Wildman–Crippen MR) is 74.2 cm³/mol. The number of hydrogen-bond acceptors (Lipinski definition) is 3. The first-order chi connectivity index (χ1) is 8.54. The van der Waals surface area contributed by atoms with Crippen molar-refractivity contribution in [3.05, 3.63) is 11.3 Å². The van der Waals surface area contributed by atoms with E-state index in [2.05, 4.69) is 16.9 Å². The fraction of sp³-hybridized carbons (Fsp3) is 0.692. The van der Waals surface area contributed by atoms with Crippen LogP contribution in [0.5, 0.6) is 0 Å². The Morgan fingerprint density at radius 3 is 2.89 bits per heavy atom. The summed E-state index contributed by atoms with van der Waals surface area (Å²) in [5.74, 6) is 1.88. The van der Waals surface area contributed by atoms with Crippen molar-refractivity contribution in [1.29, 1.82) is 5.41 Å². The molecule has 0 amide bonds. The van der Waals surface area contributed by atoms with Crippen LogP contribution in [-0.2, 0) is 7.05 Å². The van der Waals surface area contributed by atoms with Crippen LogP contribution in [0, 0.1) is 18.3 Å². The van der Waals surface area contributed by atoms with Gasteiger partial charge in [-0.15, -0.1) is 0 Å². The number of nitrogens with zero attached hydrogens (tertiary/aromatic N) is 3. The van der Waals surface area contributed by atoms with E-state index in [1.165, 1.54) is 19.3 Å². The highest BCUT2D eigenvalue weighted by atomic mass is 15.4. The molecule has 3 N–H and O–H groups in total. The molecule has 1 aromatic heterocycles. The normalized spacial score (nSPS) is 20.2. The molecule has 1 aliphatic heterocycles. The molecular formula is C13H23N5. The van der Waals surface area contributed by atoms with Gasteiger partial charge in [0.25, 0.3) is 0 Å². The highest BCUT2D eigenvalue weighted by molar-refractivity contribution is 6.00. The van der Waals surface area contributed by atoms with Gasteiger partial charge in [-0.1, -0.05) is 13.3 Å². The maximum Gasteiger partial charge on any atom is 0.137 e. The number of rotatable bonds is 3. The second kappa shape index (κ2) is 5.00. The van der Waals surface area contributed by atoms with Crippen LogP contribution in [0.2, 0.25) is 0 Å². The molecule has 1 aromatic rings. The van der Waals surface area contributed by atoms with Crippen molar-refractivity contribution >= 4 is 11.7 Å². The lowest BCUT2D eigenvalue weighted by atomic mass is 9.95. The molecule has 0 aromatic carbocycles. The van der Waals surface area contributed by atoms with Crippen LogP contribution < -0.4 is 10.6 Å². The summed E-state index contributed by atoms with van der Waals surface area (Å²) in [6.07, 6.45) is 3.72. The van der Waals surface area contributed by atoms with E-state index in [9.17, 15) is 0 Å². The highest BCUT2D eigenvalue weighted by Gasteiger charge is 2.25. The molecule has 0 spiro atoms. The Morgan fingerprint density at radius 1 is 1.56 bits per heavy atom. The Bertz CT molecular complexity index is 448. The van der Waals surface area contributed by atoms with Crippen molar-refractivity contribution in [1.82, 2.24) is 9.78 Å². The Hall–Kier alpha value is -1.52. The minimum absolute atomic E-state index is 0.120. The van der Waals surface area contributed by atoms with Crippen molar-refractivity contribution in [2.24, 2.45) is 18.7 Å². The molecule has 1 aliphatic rings. The summed E-state index contributed by atoms with van der Waals surface area (Å²) in [6.45, 7) is 6.25. The minimum Gasteiger partial charge on any atom is -0.384 e. The van der Waals surface area contributed by atoms with Gasteiger partial charge in [0.2, 0.25) is 0 Å². The van der Waals surface area contributed by atoms with Gasteiger partial charge < -0.3 is 10.6 Å². The summed E-state index contributed by atoms with van der Waals surface area (Å²) < 4.78 is 1.87. The Labute approximate surface area is 108 Å². The van der Waals surface area contributed by atoms with Gasteiger partial charge in [-0.2, -0.15) is 5.10 Å². The maximum absolute atomic E-state index is 7.74. The van der Waals surface area contributed by atoms with Gasteiger partial charge in [0.15, 0.2) is 0 Å². The molecule has 2 heterocycles. The number of nitrogen functional groups attached to an aromatic ring is 1. The van der Waals surface area contributed by atoms with Crippen molar-refractivity contribution in [3.63, 3.8) is 0 Å². The summed E-state index contributed by atoms with van der Waals surface area (Å²) in [5.41, 5.74) is 7.35. The first-order valence-electron chi connectivity index (χ1n) is 6.67. The maximum atomic E-state index is 7.74. The monoisotopic (exact) mass is 249 g/mol. The topological polar surface area (TPSA) is 70.9 Å². The van der Waals surface area contributed by atoms with Gasteiger partial charge in [-0.3, -0.25) is 10.1 Å². The molecule has 0 radical (unpaired) electrons. The molecule has 1 unspecified atom stereocenters. The molecule has 0 aliphatic carbocycles.